The topological polar surface area (TPSA) is 67.9 Å². The molecule has 0 amide bonds. The number of hydrogen-bond donors (Lipinski definition) is 0. The lowest BCUT2D eigenvalue weighted by Crippen LogP contribution is -2.02. The van der Waals surface area contributed by atoms with Crippen molar-refractivity contribution in [3.8, 4) is 6.07 Å². The SMILES string of the molecule is Cc1ccc(Cn2nc(C)c(/C=C/C(=O)OCCCC#N)c2Cl)cc1. The molecule has 130 valence electrons. The van der Waals surface area contributed by atoms with Crippen molar-refractivity contribution in [2.24, 2.45) is 0 Å². The molecule has 2 aromatic rings. The molecule has 6 heteroatoms. The summed E-state index contributed by atoms with van der Waals surface area (Å²) in [6, 6.07) is 10.2. The third-order valence-electron chi connectivity index (χ3n) is 3.63. The highest BCUT2D eigenvalue weighted by Crippen LogP contribution is 2.22. The minimum absolute atomic E-state index is 0.232. The van der Waals surface area contributed by atoms with Gasteiger partial charge in [-0.3, -0.25) is 0 Å². The van der Waals surface area contributed by atoms with E-state index in [9.17, 15) is 4.79 Å². The highest BCUT2D eigenvalue weighted by molar-refractivity contribution is 6.31. The predicted octanol–water partition coefficient (Wildman–Crippen LogP) is 4.06. The number of carbonyl (C=O) groups is 1. The second-order valence-electron chi connectivity index (χ2n) is 5.70. The molecule has 25 heavy (non-hydrogen) atoms. The van der Waals surface area contributed by atoms with Crippen molar-refractivity contribution in [2.75, 3.05) is 6.61 Å². The van der Waals surface area contributed by atoms with Crippen LogP contribution in [0.25, 0.3) is 6.08 Å². The van der Waals surface area contributed by atoms with Gasteiger partial charge < -0.3 is 4.74 Å². The van der Waals surface area contributed by atoms with Crippen LogP contribution >= 0.6 is 11.6 Å². The Hall–Kier alpha value is -2.58. The summed E-state index contributed by atoms with van der Waals surface area (Å²) in [4.78, 5) is 11.7. The lowest BCUT2D eigenvalue weighted by Gasteiger charge is -2.04. The van der Waals surface area contributed by atoms with E-state index in [-0.39, 0.29) is 6.61 Å². The molecule has 0 aliphatic carbocycles. The van der Waals surface area contributed by atoms with Gasteiger partial charge in [-0.05, 0) is 31.9 Å². The van der Waals surface area contributed by atoms with E-state index in [0.717, 1.165) is 11.3 Å². The maximum atomic E-state index is 11.7. The molecule has 5 nitrogen and oxygen atoms in total. The Morgan fingerprint density at radius 2 is 2.08 bits per heavy atom. The van der Waals surface area contributed by atoms with Crippen molar-refractivity contribution in [1.29, 1.82) is 5.26 Å². The first-order valence-corrected chi connectivity index (χ1v) is 8.39. The standard InChI is InChI=1S/C19H20ClN3O2/c1-14-5-7-16(8-6-14)13-23-19(20)17(15(2)22-23)9-10-18(24)25-12-4-3-11-21/h5-10H,3-4,12-13H2,1-2H3/b10-9+. The van der Waals surface area contributed by atoms with Crippen molar-refractivity contribution in [3.63, 3.8) is 0 Å². The Kier molecular flexibility index (Phi) is 6.79. The van der Waals surface area contributed by atoms with Gasteiger partial charge in [-0.1, -0.05) is 41.4 Å². The molecule has 2 rings (SSSR count). The van der Waals surface area contributed by atoms with E-state index in [4.69, 9.17) is 21.6 Å². The third-order valence-corrected chi connectivity index (χ3v) is 4.02. The average molecular weight is 358 g/mol. The van der Waals surface area contributed by atoms with E-state index in [2.05, 4.69) is 5.10 Å². The molecule has 0 saturated heterocycles. The molecule has 0 aliphatic heterocycles. The summed E-state index contributed by atoms with van der Waals surface area (Å²) in [5, 5.41) is 13.4. The van der Waals surface area contributed by atoms with Crippen LogP contribution in [0.5, 0.6) is 0 Å². The first-order chi connectivity index (χ1) is 12.0. The predicted molar refractivity (Wildman–Crippen MR) is 97.1 cm³/mol. The van der Waals surface area contributed by atoms with Crippen LogP contribution in [0.4, 0.5) is 0 Å². The summed E-state index contributed by atoms with van der Waals surface area (Å²) >= 11 is 6.40. The van der Waals surface area contributed by atoms with Crippen LogP contribution in [0.3, 0.4) is 0 Å². The van der Waals surface area contributed by atoms with E-state index < -0.39 is 5.97 Å². The average Bonchev–Trinajstić information content (AvgIpc) is 2.85. The fourth-order valence-corrected chi connectivity index (χ4v) is 2.55. The van der Waals surface area contributed by atoms with E-state index >= 15 is 0 Å². The van der Waals surface area contributed by atoms with Crippen LogP contribution in [0.2, 0.25) is 5.15 Å². The van der Waals surface area contributed by atoms with Crippen LogP contribution < -0.4 is 0 Å². The molecule has 0 radical (unpaired) electrons. The van der Waals surface area contributed by atoms with Gasteiger partial charge in [0.25, 0.3) is 0 Å². The molecule has 0 unspecified atom stereocenters. The molecule has 1 aromatic heterocycles. The molecule has 0 spiro atoms. The zero-order valence-corrected chi connectivity index (χ0v) is 15.1. The number of halogens is 1. The number of aryl methyl sites for hydroxylation is 2. The number of nitriles is 1. The maximum Gasteiger partial charge on any atom is 0.330 e. The molecule has 0 aliphatic rings. The van der Waals surface area contributed by atoms with Crippen molar-refractivity contribution in [1.82, 2.24) is 9.78 Å². The van der Waals surface area contributed by atoms with E-state index in [0.29, 0.717) is 30.1 Å². The lowest BCUT2D eigenvalue weighted by molar-refractivity contribution is -0.137. The fourth-order valence-electron chi connectivity index (χ4n) is 2.25. The van der Waals surface area contributed by atoms with E-state index in [1.807, 2.05) is 44.2 Å². The van der Waals surface area contributed by atoms with Gasteiger partial charge in [0.15, 0.2) is 0 Å². The molecule has 0 atom stereocenters. The minimum Gasteiger partial charge on any atom is -0.462 e. The highest BCUT2D eigenvalue weighted by Gasteiger charge is 2.12. The van der Waals surface area contributed by atoms with E-state index in [1.165, 1.54) is 11.6 Å². The third kappa shape index (κ3) is 5.47. The molecule has 0 fully saturated rings. The van der Waals surface area contributed by atoms with Gasteiger partial charge in [0.05, 0.1) is 24.9 Å². The molecular formula is C19H20ClN3O2. The van der Waals surface area contributed by atoms with Crippen molar-refractivity contribution >= 4 is 23.6 Å². The molecule has 1 aromatic carbocycles. The number of unbranched alkanes of at least 4 members (excludes halogenated alkanes) is 1. The number of ether oxygens (including phenoxy) is 1. The highest BCUT2D eigenvalue weighted by atomic mass is 35.5. The molecular weight excluding hydrogens is 338 g/mol. The summed E-state index contributed by atoms with van der Waals surface area (Å²) in [5.41, 5.74) is 3.74. The summed E-state index contributed by atoms with van der Waals surface area (Å²) < 4.78 is 6.72. The number of esters is 1. The first kappa shape index (κ1) is 18.8. The molecule has 0 saturated carbocycles. The van der Waals surface area contributed by atoms with Crippen LogP contribution in [-0.2, 0) is 16.1 Å². The van der Waals surface area contributed by atoms with Gasteiger partial charge in [-0.25, -0.2) is 9.48 Å². The Bertz CT molecular complexity index is 801. The number of hydrogen-bond acceptors (Lipinski definition) is 4. The Morgan fingerprint density at radius 1 is 1.36 bits per heavy atom. The second kappa shape index (κ2) is 9.05. The number of nitrogens with zero attached hydrogens (tertiary/aromatic N) is 3. The fraction of sp³-hybridized carbons (Fsp3) is 0.316. The summed E-state index contributed by atoms with van der Waals surface area (Å²) in [6.45, 7) is 4.68. The van der Waals surface area contributed by atoms with Gasteiger partial charge in [0.1, 0.15) is 5.15 Å². The van der Waals surface area contributed by atoms with Crippen LogP contribution in [0.15, 0.2) is 30.3 Å². The summed E-state index contributed by atoms with van der Waals surface area (Å²) in [6.07, 6.45) is 3.85. The zero-order chi connectivity index (χ0) is 18.2. The van der Waals surface area contributed by atoms with Gasteiger partial charge >= 0.3 is 5.97 Å². The lowest BCUT2D eigenvalue weighted by atomic mass is 10.1. The Balaban J connectivity index is 2.03. The minimum atomic E-state index is -0.459. The summed E-state index contributed by atoms with van der Waals surface area (Å²) in [5.74, 6) is -0.459. The smallest absolute Gasteiger partial charge is 0.330 e. The van der Waals surface area contributed by atoms with Crippen molar-refractivity contribution < 1.29 is 9.53 Å². The number of benzene rings is 1. The van der Waals surface area contributed by atoms with Gasteiger partial charge in [0, 0.05) is 18.1 Å². The van der Waals surface area contributed by atoms with Crippen LogP contribution in [0.1, 0.15) is 35.2 Å². The van der Waals surface area contributed by atoms with E-state index in [1.54, 1.807) is 10.8 Å². The number of carbonyl (C=O) groups excluding carboxylic acids is 1. The monoisotopic (exact) mass is 357 g/mol. The second-order valence-corrected chi connectivity index (χ2v) is 6.05. The zero-order valence-electron chi connectivity index (χ0n) is 14.3. The molecule has 1 heterocycles. The molecule has 0 N–H and O–H groups in total. The number of aromatic nitrogens is 2. The van der Waals surface area contributed by atoms with Crippen LogP contribution in [-0.4, -0.2) is 22.4 Å². The van der Waals surface area contributed by atoms with Crippen molar-refractivity contribution in [3.05, 3.63) is 57.9 Å². The summed E-state index contributed by atoms with van der Waals surface area (Å²) in [7, 11) is 0. The first-order valence-electron chi connectivity index (χ1n) is 8.01. The largest absolute Gasteiger partial charge is 0.462 e. The van der Waals surface area contributed by atoms with Gasteiger partial charge in [-0.15, -0.1) is 0 Å². The Labute approximate surface area is 152 Å². The van der Waals surface area contributed by atoms with Gasteiger partial charge in [-0.2, -0.15) is 10.4 Å². The van der Waals surface area contributed by atoms with Crippen molar-refractivity contribution in [2.45, 2.75) is 33.2 Å². The van der Waals surface area contributed by atoms with Crippen LogP contribution in [0, 0.1) is 25.2 Å². The number of rotatable bonds is 7. The molecule has 0 bridgehead atoms. The van der Waals surface area contributed by atoms with Gasteiger partial charge in [0.2, 0.25) is 0 Å². The normalized spacial score (nSPS) is 10.8. The Morgan fingerprint density at radius 3 is 2.76 bits per heavy atom. The maximum absolute atomic E-state index is 11.7. The quantitative estimate of drug-likeness (QED) is 0.425.